The van der Waals surface area contributed by atoms with Gasteiger partial charge in [-0.1, -0.05) is 48.0 Å². The minimum Gasteiger partial charge on any atom is -0.193 e. The number of aromatic nitrogens is 4. The summed E-state index contributed by atoms with van der Waals surface area (Å²) < 4.78 is 1.74. The molecule has 0 bridgehead atoms. The number of benzene rings is 2. The van der Waals surface area contributed by atoms with E-state index in [1.807, 2.05) is 54.6 Å². The number of nitrogens with zero attached hydrogens (tertiary/aromatic N) is 4. The molecular weight excluding hydrogens is 260 g/mol. The Morgan fingerprint density at radius 3 is 2.26 bits per heavy atom. The summed E-state index contributed by atoms with van der Waals surface area (Å²) in [5.74, 6) is 0.749. The maximum absolute atomic E-state index is 4.09. The number of rotatable bonds is 2. The molecular formula is C14H13ClN4. The van der Waals surface area contributed by atoms with E-state index in [2.05, 4.69) is 22.4 Å². The molecule has 0 saturated carbocycles. The Morgan fingerprint density at radius 1 is 0.895 bits per heavy atom. The fourth-order valence-electron chi connectivity index (χ4n) is 1.81. The van der Waals surface area contributed by atoms with Crippen LogP contribution in [0.3, 0.4) is 0 Å². The van der Waals surface area contributed by atoms with Crippen LogP contribution in [-0.2, 0) is 0 Å². The van der Waals surface area contributed by atoms with Crippen LogP contribution < -0.4 is 0 Å². The first kappa shape index (κ1) is 13.2. The van der Waals surface area contributed by atoms with Gasteiger partial charge in [0.05, 0.1) is 5.69 Å². The Kier molecular flexibility index (Phi) is 3.92. The molecule has 0 aliphatic rings. The van der Waals surface area contributed by atoms with Crippen molar-refractivity contribution in [3.63, 3.8) is 0 Å². The second-order valence-corrected chi connectivity index (χ2v) is 4.12. The summed E-state index contributed by atoms with van der Waals surface area (Å²) in [5, 5.41) is 11.9. The van der Waals surface area contributed by atoms with Gasteiger partial charge in [-0.25, -0.2) is 0 Å². The predicted molar refractivity (Wildman–Crippen MR) is 76.6 cm³/mol. The zero-order valence-electron chi connectivity index (χ0n) is 10.4. The van der Waals surface area contributed by atoms with Crippen LogP contribution in [0.4, 0.5) is 0 Å². The van der Waals surface area contributed by atoms with Crippen LogP contribution >= 0.6 is 12.4 Å². The van der Waals surface area contributed by atoms with Gasteiger partial charge in [-0.2, -0.15) is 4.68 Å². The Bertz CT molecular complexity index is 647. The van der Waals surface area contributed by atoms with Gasteiger partial charge in [-0.05, 0) is 29.5 Å². The van der Waals surface area contributed by atoms with E-state index in [-0.39, 0.29) is 12.4 Å². The van der Waals surface area contributed by atoms with Crippen LogP contribution in [0, 0.1) is 6.92 Å². The summed E-state index contributed by atoms with van der Waals surface area (Å²) >= 11 is 0. The van der Waals surface area contributed by atoms with Crippen LogP contribution in [0.1, 0.15) is 5.56 Å². The summed E-state index contributed by atoms with van der Waals surface area (Å²) in [6.45, 7) is 2.06. The molecule has 0 aliphatic carbocycles. The fourth-order valence-corrected chi connectivity index (χ4v) is 1.81. The molecule has 0 fully saturated rings. The van der Waals surface area contributed by atoms with Crippen molar-refractivity contribution in [2.45, 2.75) is 6.92 Å². The van der Waals surface area contributed by atoms with Crippen molar-refractivity contribution in [2.24, 2.45) is 0 Å². The van der Waals surface area contributed by atoms with Gasteiger partial charge in [-0.15, -0.1) is 17.5 Å². The van der Waals surface area contributed by atoms with Gasteiger partial charge >= 0.3 is 0 Å². The normalized spacial score (nSPS) is 9.95. The first-order chi connectivity index (χ1) is 8.84. The molecule has 0 amide bonds. The maximum Gasteiger partial charge on any atom is 0.187 e. The molecule has 1 heterocycles. The number of halogens is 1. The Morgan fingerprint density at radius 2 is 1.58 bits per heavy atom. The molecule has 1 aromatic heterocycles. The zero-order chi connectivity index (χ0) is 12.4. The third-order valence-electron chi connectivity index (χ3n) is 2.78. The van der Waals surface area contributed by atoms with E-state index in [1.165, 1.54) is 5.56 Å². The molecule has 0 N–H and O–H groups in total. The largest absolute Gasteiger partial charge is 0.193 e. The van der Waals surface area contributed by atoms with Crippen LogP contribution in [0.25, 0.3) is 17.1 Å². The average molecular weight is 273 g/mol. The number of hydrogen-bond donors (Lipinski definition) is 0. The highest BCUT2D eigenvalue weighted by Gasteiger charge is 2.09. The maximum atomic E-state index is 4.09. The van der Waals surface area contributed by atoms with Gasteiger partial charge in [0.25, 0.3) is 0 Å². The van der Waals surface area contributed by atoms with Crippen molar-refractivity contribution in [1.29, 1.82) is 0 Å². The van der Waals surface area contributed by atoms with Gasteiger partial charge in [-0.3, -0.25) is 0 Å². The topological polar surface area (TPSA) is 43.6 Å². The van der Waals surface area contributed by atoms with Crippen molar-refractivity contribution >= 4 is 12.4 Å². The van der Waals surface area contributed by atoms with Gasteiger partial charge in [0, 0.05) is 5.56 Å². The molecule has 0 saturated heterocycles. The molecule has 0 radical (unpaired) electrons. The van der Waals surface area contributed by atoms with Crippen LogP contribution in [0.15, 0.2) is 54.6 Å². The highest BCUT2D eigenvalue weighted by molar-refractivity contribution is 5.85. The third-order valence-corrected chi connectivity index (χ3v) is 2.78. The number of hydrogen-bond acceptors (Lipinski definition) is 3. The molecule has 96 valence electrons. The van der Waals surface area contributed by atoms with Crippen molar-refractivity contribution in [2.75, 3.05) is 0 Å². The summed E-state index contributed by atoms with van der Waals surface area (Å²) in [6, 6.07) is 18.0. The smallest absolute Gasteiger partial charge is 0.187 e. The SMILES string of the molecule is Cc1ccc(-n2nnnc2-c2ccccc2)cc1.Cl. The Labute approximate surface area is 117 Å². The monoisotopic (exact) mass is 272 g/mol. The third kappa shape index (κ3) is 2.63. The Balaban J connectivity index is 0.00000133. The molecule has 0 spiro atoms. The van der Waals surface area contributed by atoms with E-state index in [0.717, 1.165) is 17.1 Å². The second-order valence-electron chi connectivity index (χ2n) is 4.12. The van der Waals surface area contributed by atoms with E-state index in [9.17, 15) is 0 Å². The molecule has 0 unspecified atom stereocenters. The lowest BCUT2D eigenvalue weighted by Gasteiger charge is -2.04. The molecule has 4 nitrogen and oxygen atoms in total. The van der Waals surface area contributed by atoms with E-state index >= 15 is 0 Å². The molecule has 0 atom stereocenters. The predicted octanol–water partition coefficient (Wildman–Crippen LogP) is 3.06. The lowest BCUT2D eigenvalue weighted by atomic mass is 10.2. The highest BCUT2D eigenvalue weighted by atomic mass is 35.5. The Hall–Kier alpha value is -2.20. The summed E-state index contributed by atoms with van der Waals surface area (Å²) in [7, 11) is 0. The molecule has 0 aliphatic heterocycles. The standard InChI is InChI=1S/C14H12N4.ClH/c1-11-7-9-13(10-8-11)18-14(15-16-17-18)12-5-3-2-4-6-12;/h2-10H,1H3;1H. The van der Waals surface area contributed by atoms with E-state index in [0.29, 0.717) is 0 Å². The summed E-state index contributed by atoms with van der Waals surface area (Å²) in [6.07, 6.45) is 0. The van der Waals surface area contributed by atoms with Crippen molar-refractivity contribution in [3.8, 4) is 17.1 Å². The molecule has 5 heteroatoms. The number of tetrazole rings is 1. The second kappa shape index (κ2) is 5.63. The highest BCUT2D eigenvalue weighted by Crippen LogP contribution is 2.18. The van der Waals surface area contributed by atoms with Gasteiger partial charge in [0.1, 0.15) is 0 Å². The quantitative estimate of drug-likeness (QED) is 0.720. The van der Waals surface area contributed by atoms with Gasteiger partial charge in [0.15, 0.2) is 5.82 Å². The van der Waals surface area contributed by atoms with Crippen LogP contribution in [-0.4, -0.2) is 20.2 Å². The summed E-state index contributed by atoms with van der Waals surface area (Å²) in [5.41, 5.74) is 3.18. The molecule has 2 aromatic carbocycles. The van der Waals surface area contributed by atoms with Crippen molar-refractivity contribution in [3.05, 3.63) is 60.2 Å². The molecule has 3 aromatic rings. The summed E-state index contributed by atoms with van der Waals surface area (Å²) in [4.78, 5) is 0. The first-order valence-electron chi connectivity index (χ1n) is 5.75. The first-order valence-corrected chi connectivity index (χ1v) is 5.75. The fraction of sp³-hybridized carbons (Fsp3) is 0.0714. The molecule has 19 heavy (non-hydrogen) atoms. The van der Waals surface area contributed by atoms with Crippen LogP contribution in [0.5, 0.6) is 0 Å². The zero-order valence-corrected chi connectivity index (χ0v) is 11.2. The van der Waals surface area contributed by atoms with Crippen molar-refractivity contribution < 1.29 is 0 Å². The van der Waals surface area contributed by atoms with E-state index in [1.54, 1.807) is 4.68 Å². The lowest BCUT2D eigenvalue weighted by Crippen LogP contribution is -1.99. The van der Waals surface area contributed by atoms with E-state index < -0.39 is 0 Å². The van der Waals surface area contributed by atoms with E-state index in [4.69, 9.17) is 0 Å². The van der Waals surface area contributed by atoms with Crippen LogP contribution in [0.2, 0.25) is 0 Å². The minimum absolute atomic E-state index is 0. The number of aryl methyl sites for hydroxylation is 1. The van der Waals surface area contributed by atoms with Gasteiger partial charge < -0.3 is 0 Å². The lowest BCUT2D eigenvalue weighted by molar-refractivity contribution is 0.791. The average Bonchev–Trinajstić information content (AvgIpc) is 2.90. The van der Waals surface area contributed by atoms with Crippen molar-refractivity contribution in [1.82, 2.24) is 20.2 Å². The van der Waals surface area contributed by atoms with Gasteiger partial charge in [0.2, 0.25) is 0 Å². The minimum atomic E-state index is 0. The molecule has 3 rings (SSSR count).